The summed E-state index contributed by atoms with van der Waals surface area (Å²) in [6, 6.07) is 0. The number of amides is 1. The van der Waals surface area contributed by atoms with E-state index in [0.717, 1.165) is 31.7 Å². The van der Waals surface area contributed by atoms with Gasteiger partial charge in [0.1, 0.15) is 0 Å². The predicted molar refractivity (Wildman–Crippen MR) is 73.0 cm³/mol. The van der Waals surface area contributed by atoms with Gasteiger partial charge in [0.2, 0.25) is 5.91 Å². The van der Waals surface area contributed by atoms with Crippen LogP contribution in [0.25, 0.3) is 0 Å². The molecule has 1 N–H and O–H groups in total. The summed E-state index contributed by atoms with van der Waals surface area (Å²) in [5.41, 5.74) is 0. The van der Waals surface area contributed by atoms with Gasteiger partial charge >= 0.3 is 0 Å². The van der Waals surface area contributed by atoms with Crippen LogP contribution in [-0.4, -0.2) is 12.5 Å². The first-order valence-electron chi connectivity index (χ1n) is 7.59. The highest BCUT2D eigenvalue weighted by molar-refractivity contribution is 5.75. The largest absolute Gasteiger partial charge is 0.356 e. The van der Waals surface area contributed by atoms with Crippen LogP contribution in [0.3, 0.4) is 0 Å². The van der Waals surface area contributed by atoms with Gasteiger partial charge in [-0.1, -0.05) is 58.3 Å². The van der Waals surface area contributed by atoms with Gasteiger partial charge in [-0.25, -0.2) is 0 Å². The Balaban J connectivity index is 1.87. The van der Waals surface area contributed by atoms with Gasteiger partial charge in [0, 0.05) is 13.0 Å². The third-order valence-electron chi connectivity index (χ3n) is 3.86. The molecule has 0 aromatic heterocycles. The van der Waals surface area contributed by atoms with E-state index >= 15 is 0 Å². The van der Waals surface area contributed by atoms with Gasteiger partial charge in [-0.05, 0) is 18.8 Å². The van der Waals surface area contributed by atoms with Gasteiger partial charge in [0.25, 0.3) is 0 Å². The maximum absolute atomic E-state index is 11.6. The van der Waals surface area contributed by atoms with Crippen LogP contribution in [-0.2, 0) is 4.79 Å². The number of carbonyl (C=O) groups is 1. The first-order chi connectivity index (χ1) is 8.33. The molecule has 0 aromatic carbocycles. The molecule has 0 radical (unpaired) electrons. The average Bonchev–Trinajstić information content (AvgIpc) is 2.84. The minimum atomic E-state index is 0.271. The molecule has 1 aliphatic rings. The number of carbonyl (C=O) groups excluding carboxylic acids is 1. The van der Waals surface area contributed by atoms with E-state index in [0.29, 0.717) is 0 Å². The van der Waals surface area contributed by atoms with Crippen molar-refractivity contribution in [1.29, 1.82) is 0 Å². The van der Waals surface area contributed by atoms with Crippen LogP contribution < -0.4 is 5.32 Å². The van der Waals surface area contributed by atoms with Crippen LogP contribution in [0.4, 0.5) is 0 Å². The van der Waals surface area contributed by atoms with E-state index in [-0.39, 0.29) is 5.91 Å². The standard InChI is InChI=1S/C15H29NO/c1-2-3-4-5-8-13-16-15(17)12-11-14-9-6-7-10-14/h14H,2-13H2,1H3,(H,16,17). The van der Waals surface area contributed by atoms with Crippen LogP contribution in [0.15, 0.2) is 0 Å². The Morgan fingerprint density at radius 1 is 1.12 bits per heavy atom. The summed E-state index contributed by atoms with van der Waals surface area (Å²) >= 11 is 0. The van der Waals surface area contributed by atoms with Crippen molar-refractivity contribution in [3.05, 3.63) is 0 Å². The molecular formula is C15H29NO. The maximum Gasteiger partial charge on any atom is 0.220 e. The van der Waals surface area contributed by atoms with E-state index in [9.17, 15) is 4.79 Å². The fourth-order valence-corrected chi connectivity index (χ4v) is 2.68. The Morgan fingerprint density at radius 3 is 2.53 bits per heavy atom. The second-order valence-electron chi connectivity index (χ2n) is 5.45. The molecule has 17 heavy (non-hydrogen) atoms. The number of rotatable bonds is 9. The minimum absolute atomic E-state index is 0.271. The molecule has 0 atom stereocenters. The molecular weight excluding hydrogens is 210 g/mol. The third-order valence-corrected chi connectivity index (χ3v) is 3.86. The molecule has 1 rings (SSSR count). The van der Waals surface area contributed by atoms with Crippen LogP contribution >= 0.6 is 0 Å². The molecule has 0 bridgehead atoms. The van der Waals surface area contributed by atoms with Crippen molar-refractivity contribution in [3.63, 3.8) is 0 Å². The van der Waals surface area contributed by atoms with E-state index in [1.165, 1.54) is 51.4 Å². The smallest absolute Gasteiger partial charge is 0.220 e. The van der Waals surface area contributed by atoms with Crippen molar-refractivity contribution in [2.75, 3.05) is 6.54 Å². The number of unbranched alkanes of at least 4 members (excludes halogenated alkanes) is 4. The molecule has 0 heterocycles. The summed E-state index contributed by atoms with van der Waals surface area (Å²) in [6.45, 7) is 3.11. The summed E-state index contributed by atoms with van der Waals surface area (Å²) in [5.74, 6) is 1.11. The molecule has 2 nitrogen and oxygen atoms in total. The summed E-state index contributed by atoms with van der Waals surface area (Å²) in [5, 5.41) is 3.04. The topological polar surface area (TPSA) is 29.1 Å². The van der Waals surface area contributed by atoms with Gasteiger partial charge in [-0.2, -0.15) is 0 Å². The van der Waals surface area contributed by atoms with Gasteiger partial charge in [-0.3, -0.25) is 4.79 Å². The predicted octanol–water partition coefficient (Wildman–Crippen LogP) is 4.04. The zero-order valence-electron chi connectivity index (χ0n) is 11.5. The molecule has 0 aromatic rings. The van der Waals surface area contributed by atoms with Crippen LogP contribution in [0.2, 0.25) is 0 Å². The van der Waals surface area contributed by atoms with E-state index in [1.54, 1.807) is 0 Å². The minimum Gasteiger partial charge on any atom is -0.356 e. The quantitative estimate of drug-likeness (QED) is 0.604. The average molecular weight is 239 g/mol. The van der Waals surface area contributed by atoms with Crippen molar-refractivity contribution in [1.82, 2.24) is 5.32 Å². The van der Waals surface area contributed by atoms with Gasteiger partial charge in [-0.15, -0.1) is 0 Å². The molecule has 0 unspecified atom stereocenters. The lowest BCUT2D eigenvalue weighted by Gasteiger charge is -2.09. The molecule has 1 aliphatic carbocycles. The summed E-state index contributed by atoms with van der Waals surface area (Å²) in [7, 11) is 0. The summed E-state index contributed by atoms with van der Waals surface area (Å²) in [6.07, 6.45) is 13.7. The Labute approximate surface area is 107 Å². The molecule has 1 saturated carbocycles. The van der Waals surface area contributed by atoms with Crippen LogP contribution in [0.1, 0.15) is 77.6 Å². The second kappa shape index (κ2) is 9.49. The highest BCUT2D eigenvalue weighted by Gasteiger charge is 2.15. The van der Waals surface area contributed by atoms with Crippen molar-refractivity contribution >= 4 is 5.91 Å². The zero-order chi connectivity index (χ0) is 12.3. The Morgan fingerprint density at radius 2 is 1.82 bits per heavy atom. The molecule has 0 spiro atoms. The monoisotopic (exact) mass is 239 g/mol. The third kappa shape index (κ3) is 7.40. The van der Waals surface area contributed by atoms with Gasteiger partial charge in [0.05, 0.1) is 0 Å². The first-order valence-corrected chi connectivity index (χ1v) is 7.59. The van der Waals surface area contributed by atoms with E-state index in [2.05, 4.69) is 12.2 Å². The normalized spacial score (nSPS) is 16.3. The Kier molecular flexibility index (Phi) is 8.12. The van der Waals surface area contributed by atoms with Crippen molar-refractivity contribution in [2.45, 2.75) is 77.6 Å². The molecule has 0 saturated heterocycles. The number of nitrogens with one attached hydrogen (secondary N) is 1. The second-order valence-corrected chi connectivity index (χ2v) is 5.45. The zero-order valence-corrected chi connectivity index (χ0v) is 11.5. The van der Waals surface area contributed by atoms with Crippen LogP contribution in [0, 0.1) is 5.92 Å². The molecule has 1 fully saturated rings. The number of hydrogen-bond acceptors (Lipinski definition) is 1. The molecule has 100 valence electrons. The lowest BCUT2D eigenvalue weighted by Crippen LogP contribution is -2.24. The fourth-order valence-electron chi connectivity index (χ4n) is 2.68. The first kappa shape index (κ1) is 14.5. The summed E-state index contributed by atoms with van der Waals surface area (Å²) in [4.78, 5) is 11.6. The Bertz CT molecular complexity index is 197. The number of hydrogen-bond donors (Lipinski definition) is 1. The van der Waals surface area contributed by atoms with E-state index < -0.39 is 0 Å². The van der Waals surface area contributed by atoms with Crippen LogP contribution in [0.5, 0.6) is 0 Å². The molecule has 1 amide bonds. The van der Waals surface area contributed by atoms with Crippen molar-refractivity contribution in [3.8, 4) is 0 Å². The SMILES string of the molecule is CCCCCCCNC(=O)CCC1CCCC1. The maximum atomic E-state index is 11.6. The summed E-state index contributed by atoms with van der Waals surface area (Å²) < 4.78 is 0. The van der Waals surface area contributed by atoms with E-state index in [1.807, 2.05) is 0 Å². The molecule has 2 heteroatoms. The molecule has 0 aliphatic heterocycles. The van der Waals surface area contributed by atoms with Gasteiger partial charge < -0.3 is 5.32 Å². The lowest BCUT2D eigenvalue weighted by molar-refractivity contribution is -0.121. The van der Waals surface area contributed by atoms with E-state index in [4.69, 9.17) is 0 Å². The van der Waals surface area contributed by atoms with Crippen molar-refractivity contribution in [2.24, 2.45) is 5.92 Å². The lowest BCUT2D eigenvalue weighted by atomic mass is 10.0. The fraction of sp³-hybridized carbons (Fsp3) is 0.933. The highest BCUT2D eigenvalue weighted by Crippen LogP contribution is 2.28. The van der Waals surface area contributed by atoms with Gasteiger partial charge in [0.15, 0.2) is 0 Å². The Hall–Kier alpha value is -0.530. The van der Waals surface area contributed by atoms with Crippen molar-refractivity contribution < 1.29 is 4.79 Å². The highest BCUT2D eigenvalue weighted by atomic mass is 16.1.